The molecule has 0 aliphatic heterocycles. The molecule has 0 aromatic heterocycles. The van der Waals surface area contributed by atoms with E-state index in [1.54, 1.807) is 6.07 Å². The molecule has 0 amide bonds. The van der Waals surface area contributed by atoms with Gasteiger partial charge < -0.3 is 0 Å². The van der Waals surface area contributed by atoms with E-state index in [2.05, 4.69) is 4.72 Å². The van der Waals surface area contributed by atoms with Gasteiger partial charge in [-0.25, -0.2) is 13.1 Å². The van der Waals surface area contributed by atoms with Crippen molar-refractivity contribution >= 4 is 15.8 Å². The van der Waals surface area contributed by atoms with Crippen LogP contribution in [0.25, 0.3) is 0 Å². The summed E-state index contributed by atoms with van der Waals surface area (Å²) in [5, 5.41) is 0. The molecule has 0 saturated carbocycles. The quantitative estimate of drug-likeness (QED) is 0.809. The van der Waals surface area contributed by atoms with Crippen molar-refractivity contribution in [1.82, 2.24) is 4.72 Å². The highest BCUT2D eigenvalue weighted by Gasteiger charge is 2.12. The summed E-state index contributed by atoms with van der Waals surface area (Å²) >= 11 is 0. The van der Waals surface area contributed by atoms with Crippen LogP contribution in [0.15, 0.2) is 18.2 Å². The van der Waals surface area contributed by atoms with Gasteiger partial charge in [-0.15, -0.1) is 0 Å². The number of sulfonamides is 1. The molecule has 0 spiro atoms. The second-order valence-electron chi connectivity index (χ2n) is 3.97. The normalized spacial score (nSPS) is 11.5. The fourth-order valence-electron chi connectivity index (χ4n) is 1.50. The van der Waals surface area contributed by atoms with Gasteiger partial charge in [0.1, 0.15) is 0 Å². The average Bonchev–Trinajstić information content (AvgIpc) is 2.26. The van der Waals surface area contributed by atoms with Gasteiger partial charge in [0.25, 0.3) is 0 Å². The first-order chi connectivity index (χ1) is 7.85. The van der Waals surface area contributed by atoms with Crippen LogP contribution < -0.4 is 4.72 Å². The van der Waals surface area contributed by atoms with Gasteiger partial charge in [-0.3, -0.25) is 4.79 Å². The lowest BCUT2D eigenvalue weighted by atomic mass is 10.0. The third-order valence-corrected chi connectivity index (χ3v) is 3.86. The molecule has 17 heavy (non-hydrogen) atoms. The van der Waals surface area contributed by atoms with Crippen molar-refractivity contribution in [2.24, 2.45) is 0 Å². The Bertz CT molecular complexity index is 521. The monoisotopic (exact) mass is 255 g/mol. The summed E-state index contributed by atoms with van der Waals surface area (Å²) in [6.07, 6.45) is 0. The highest BCUT2D eigenvalue weighted by molar-refractivity contribution is 7.89. The van der Waals surface area contributed by atoms with Gasteiger partial charge in [-0.05, 0) is 26.3 Å². The number of aryl methyl sites for hydroxylation is 2. The molecule has 5 heteroatoms. The molecule has 1 aromatic carbocycles. The van der Waals surface area contributed by atoms with Crippen molar-refractivity contribution in [2.45, 2.75) is 20.8 Å². The van der Waals surface area contributed by atoms with Gasteiger partial charge >= 0.3 is 0 Å². The van der Waals surface area contributed by atoms with E-state index >= 15 is 0 Å². The number of carbonyl (C=O) groups excluding carboxylic acids is 1. The molecule has 0 saturated heterocycles. The van der Waals surface area contributed by atoms with Gasteiger partial charge in [0.15, 0.2) is 5.78 Å². The minimum atomic E-state index is -3.31. The zero-order chi connectivity index (χ0) is 13.1. The molecule has 0 aliphatic carbocycles. The van der Waals surface area contributed by atoms with E-state index in [4.69, 9.17) is 0 Å². The highest BCUT2D eigenvalue weighted by Crippen LogP contribution is 2.10. The van der Waals surface area contributed by atoms with Gasteiger partial charge in [-0.1, -0.05) is 23.8 Å². The first kappa shape index (κ1) is 13.9. The largest absolute Gasteiger partial charge is 0.293 e. The molecular formula is C12H17NO3S. The zero-order valence-corrected chi connectivity index (χ0v) is 11.1. The smallest absolute Gasteiger partial charge is 0.211 e. The lowest BCUT2D eigenvalue weighted by Gasteiger charge is -2.07. The molecule has 0 atom stereocenters. The first-order valence-electron chi connectivity index (χ1n) is 5.43. The number of benzene rings is 1. The van der Waals surface area contributed by atoms with Gasteiger partial charge in [0.2, 0.25) is 10.0 Å². The lowest BCUT2D eigenvalue weighted by molar-refractivity contribution is 0.0996. The Kier molecular flexibility index (Phi) is 4.42. The SMILES string of the molecule is CCS(=O)(=O)NCC(=O)c1ccc(C)cc1C. The van der Waals surface area contributed by atoms with E-state index in [0.29, 0.717) is 5.56 Å². The van der Waals surface area contributed by atoms with Crippen LogP contribution in [0.5, 0.6) is 0 Å². The van der Waals surface area contributed by atoms with Crippen LogP contribution in [0, 0.1) is 13.8 Å². The van der Waals surface area contributed by atoms with E-state index < -0.39 is 10.0 Å². The molecular weight excluding hydrogens is 238 g/mol. The fraction of sp³-hybridized carbons (Fsp3) is 0.417. The van der Waals surface area contributed by atoms with Crippen LogP contribution in [-0.4, -0.2) is 26.5 Å². The first-order valence-corrected chi connectivity index (χ1v) is 7.08. The second kappa shape index (κ2) is 5.42. The van der Waals surface area contributed by atoms with Crippen LogP contribution in [0.1, 0.15) is 28.4 Å². The average molecular weight is 255 g/mol. The zero-order valence-electron chi connectivity index (χ0n) is 10.3. The fourth-order valence-corrected chi connectivity index (χ4v) is 2.05. The highest BCUT2D eigenvalue weighted by atomic mass is 32.2. The third-order valence-electron chi connectivity index (χ3n) is 2.51. The van der Waals surface area contributed by atoms with Crippen LogP contribution in [0.2, 0.25) is 0 Å². The molecule has 0 bridgehead atoms. The van der Waals surface area contributed by atoms with Crippen LogP contribution in [-0.2, 0) is 10.0 Å². The number of Topliss-reactive ketones (excluding diaryl/α,β-unsaturated/α-hetero) is 1. The Morgan fingerprint density at radius 1 is 1.29 bits per heavy atom. The summed E-state index contributed by atoms with van der Waals surface area (Å²) in [6.45, 7) is 5.14. The maximum absolute atomic E-state index is 11.8. The van der Waals surface area contributed by atoms with E-state index in [-0.39, 0.29) is 18.1 Å². The lowest BCUT2D eigenvalue weighted by Crippen LogP contribution is -2.31. The Morgan fingerprint density at radius 3 is 2.47 bits per heavy atom. The van der Waals surface area contributed by atoms with Crippen molar-refractivity contribution in [2.75, 3.05) is 12.3 Å². The van der Waals surface area contributed by atoms with Gasteiger partial charge in [-0.2, -0.15) is 0 Å². The summed E-state index contributed by atoms with van der Waals surface area (Å²) in [6, 6.07) is 5.48. The standard InChI is InChI=1S/C12H17NO3S/c1-4-17(15,16)13-8-12(14)11-6-5-9(2)7-10(11)3/h5-7,13H,4,8H2,1-3H3. The molecule has 1 aromatic rings. The molecule has 4 nitrogen and oxygen atoms in total. The molecule has 0 unspecified atom stereocenters. The summed E-state index contributed by atoms with van der Waals surface area (Å²) in [5.74, 6) is -0.229. The van der Waals surface area contributed by atoms with Crippen molar-refractivity contribution in [3.63, 3.8) is 0 Å². The van der Waals surface area contributed by atoms with Crippen LogP contribution in [0.4, 0.5) is 0 Å². The number of hydrogen-bond acceptors (Lipinski definition) is 3. The minimum Gasteiger partial charge on any atom is -0.293 e. The summed E-state index contributed by atoms with van der Waals surface area (Å²) in [7, 11) is -3.31. The number of rotatable bonds is 5. The van der Waals surface area contributed by atoms with Crippen molar-refractivity contribution in [3.05, 3.63) is 34.9 Å². The van der Waals surface area contributed by atoms with Crippen molar-refractivity contribution < 1.29 is 13.2 Å². The van der Waals surface area contributed by atoms with E-state index in [1.807, 2.05) is 26.0 Å². The van der Waals surface area contributed by atoms with Crippen LogP contribution in [0.3, 0.4) is 0 Å². The molecule has 1 rings (SSSR count). The third kappa shape index (κ3) is 3.94. The van der Waals surface area contributed by atoms with E-state index in [1.165, 1.54) is 6.92 Å². The molecule has 0 radical (unpaired) electrons. The summed E-state index contributed by atoms with van der Waals surface area (Å²) < 4.78 is 24.7. The number of nitrogens with one attached hydrogen (secondary N) is 1. The summed E-state index contributed by atoms with van der Waals surface area (Å²) in [4.78, 5) is 11.8. The number of ketones is 1. The Hall–Kier alpha value is -1.20. The summed E-state index contributed by atoms with van der Waals surface area (Å²) in [5.41, 5.74) is 2.51. The molecule has 0 fully saturated rings. The second-order valence-corrected chi connectivity index (χ2v) is 6.06. The predicted molar refractivity (Wildman–Crippen MR) is 67.7 cm³/mol. The molecule has 0 heterocycles. The minimum absolute atomic E-state index is 0.0207. The van der Waals surface area contributed by atoms with E-state index in [9.17, 15) is 13.2 Å². The van der Waals surface area contributed by atoms with E-state index in [0.717, 1.165) is 11.1 Å². The van der Waals surface area contributed by atoms with Gasteiger partial charge in [0, 0.05) is 5.56 Å². The Morgan fingerprint density at radius 2 is 1.94 bits per heavy atom. The maximum atomic E-state index is 11.8. The number of carbonyl (C=O) groups is 1. The topological polar surface area (TPSA) is 63.2 Å². The molecule has 0 aliphatic rings. The maximum Gasteiger partial charge on any atom is 0.211 e. The molecule has 94 valence electrons. The van der Waals surface area contributed by atoms with Crippen LogP contribution >= 0.6 is 0 Å². The van der Waals surface area contributed by atoms with Gasteiger partial charge in [0.05, 0.1) is 12.3 Å². The Labute approximate surface area is 102 Å². The van der Waals surface area contributed by atoms with Crippen molar-refractivity contribution in [1.29, 1.82) is 0 Å². The van der Waals surface area contributed by atoms with Crippen molar-refractivity contribution in [3.8, 4) is 0 Å². The Balaban J connectivity index is 2.78. The number of hydrogen-bond donors (Lipinski definition) is 1. The molecule has 1 N–H and O–H groups in total. The predicted octanol–water partition coefficient (Wildman–Crippen LogP) is 1.43.